The van der Waals surface area contributed by atoms with E-state index in [4.69, 9.17) is 5.26 Å². The maximum absolute atomic E-state index is 11.2. The second-order valence-corrected chi connectivity index (χ2v) is 3.45. The van der Waals surface area contributed by atoms with Gasteiger partial charge < -0.3 is 5.32 Å². The molecule has 6 heteroatoms. The van der Waals surface area contributed by atoms with Gasteiger partial charge in [0.05, 0.1) is 10.5 Å². The summed E-state index contributed by atoms with van der Waals surface area (Å²) in [4.78, 5) is 21.5. The molecule has 0 saturated carbocycles. The summed E-state index contributed by atoms with van der Waals surface area (Å²) in [6.45, 7) is 0. The highest BCUT2D eigenvalue weighted by Crippen LogP contribution is 2.18. The van der Waals surface area contributed by atoms with Crippen molar-refractivity contribution >= 4 is 17.7 Å². The number of hydrogen-bond acceptors (Lipinski definition) is 4. The van der Waals surface area contributed by atoms with Crippen LogP contribution in [-0.4, -0.2) is 17.9 Å². The summed E-state index contributed by atoms with van der Waals surface area (Å²) >= 11 is 0. The Morgan fingerprint density at radius 1 is 1.47 bits per heavy atom. The lowest BCUT2D eigenvalue weighted by atomic mass is 10.1. The molecule has 19 heavy (non-hydrogen) atoms. The molecule has 0 radical (unpaired) electrons. The lowest BCUT2D eigenvalue weighted by molar-refractivity contribution is -0.385. The molecule has 1 N–H and O–H groups in total. The molecule has 0 bridgehead atoms. The molecule has 0 unspecified atom stereocenters. The van der Waals surface area contributed by atoms with Crippen molar-refractivity contribution in [2.45, 2.75) is 0 Å². The van der Waals surface area contributed by atoms with E-state index in [9.17, 15) is 14.9 Å². The molecule has 0 aliphatic heterocycles. The number of allylic oxidation sites excluding steroid dienone is 2. The molecule has 1 rings (SSSR count). The minimum absolute atomic E-state index is 0.0365. The maximum Gasteiger partial charge on any atom is 0.276 e. The topological polar surface area (TPSA) is 96.0 Å². The van der Waals surface area contributed by atoms with E-state index in [1.54, 1.807) is 24.3 Å². The average molecular weight is 257 g/mol. The van der Waals surface area contributed by atoms with Crippen molar-refractivity contribution in [2.75, 3.05) is 7.05 Å². The summed E-state index contributed by atoms with van der Waals surface area (Å²) in [5, 5.41) is 21.8. The SMILES string of the molecule is CNC(=O)/C(C#N)=C/C=Cc1ccccc1[N+](=O)[O-]. The Bertz CT molecular complexity index is 597. The molecule has 96 valence electrons. The number of carbonyl (C=O) groups is 1. The van der Waals surface area contributed by atoms with Crippen LogP contribution in [0.5, 0.6) is 0 Å². The van der Waals surface area contributed by atoms with Crippen molar-refractivity contribution in [1.82, 2.24) is 5.32 Å². The number of nitriles is 1. The number of rotatable bonds is 4. The van der Waals surface area contributed by atoms with Gasteiger partial charge in [0.15, 0.2) is 0 Å². The van der Waals surface area contributed by atoms with Crippen molar-refractivity contribution in [3.05, 3.63) is 57.7 Å². The average Bonchev–Trinajstić information content (AvgIpc) is 2.43. The maximum atomic E-state index is 11.2. The zero-order valence-corrected chi connectivity index (χ0v) is 10.2. The minimum atomic E-state index is -0.505. The first-order chi connectivity index (χ1) is 9.10. The Morgan fingerprint density at radius 2 is 2.16 bits per heavy atom. The van der Waals surface area contributed by atoms with Crippen LogP contribution >= 0.6 is 0 Å². The van der Waals surface area contributed by atoms with Crippen LogP contribution in [0.3, 0.4) is 0 Å². The number of carbonyl (C=O) groups excluding carboxylic acids is 1. The zero-order chi connectivity index (χ0) is 14.3. The van der Waals surface area contributed by atoms with Gasteiger partial charge in [-0.25, -0.2) is 0 Å². The van der Waals surface area contributed by atoms with Crippen LogP contribution in [0.15, 0.2) is 42.0 Å². The van der Waals surface area contributed by atoms with Crippen LogP contribution in [0.4, 0.5) is 5.69 Å². The number of nitrogens with one attached hydrogen (secondary N) is 1. The second-order valence-electron chi connectivity index (χ2n) is 3.45. The van der Waals surface area contributed by atoms with Gasteiger partial charge in [0.1, 0.15) is 11.6 Å². The molecule has 0 atom stereocenters. The third-order valence-corrected chi connectivity index (χ3v) is 2.26. The summed E-state index contributed by atoms with van der Waals surface area (Å²) in [7, 11) is 1.42. The van der Waals surface area contributed by atoms with Crippen molar-refractivity contribution in [3.8, 4) is 6.07 Å². The molecule has 0 aromatic heterocycles. The fourth-order valence-corrected chi connectivity index (χ4v) is 1.34. The molecule has 0 spiro atoms. The van der Waals surface area contributed by atoms with Gasteiger partial charge in [0, 0.05) is 13.1 Å². The molecular weight excluding hydrogens is 246 g/mol. The minimum Gasteiger partial charge on any atom is -0.354 e. The summed E-state index contributed by atoms with van der Waals surface area (Å²) in [6.07, 6.45) is 4.20. The van der Waals surface area contributed by atoms with E-state index in [2.05, 4.69) is 5.32 Å². The van der Waals surface area contributed by atoms with Gasteiger partial charge >= 0.3 is 0 Å². The highest BCUT2D eigenvalue weighted by atomic mass is 16.6. The predicted molar refractivity (Wildman–Crippen MR) is 69.9 cm³/mol. The molecule has 0 aliphatic rings. The lowest BCUT2D eigenvalue weighted by Crippen LogP contribution is -2.18. The van der Waals surface area contributed by atoms with Crippen LogP contribution in [0.2, 0.25) is 0 Å². The molecule has 1 aromatic carbocycles. The summed E-state index contributed by atoms with van der Waals surface area (Å²) < 4.78 is 0. The molecule has 1 amide bonds. The van der Waals surface area contributed by atoms with Crippen molar-refractivity contribution in [2.24, 2.45) is 0 Å². The van der Waals surface area contributed by atoms with E-state index in [0.717, 1.165) is 0 Å². The largest absolute Gasteiger partial charge is 0.354 e. The first-order valence-corrected chi connectivity index (χ1v) is 5.34. The van der Waals surface area contributed by atoms with Gasteiger partial charge in [-0.3, -0.25) is 14.9 Å². The smallest absolute Gasteiger partial charge is 0.276 e. The van der Waals surface area contributed by atoms with Crippen LogP contribution in [-0.2, 0) is 4.79 Å². The molecule has 0 heterocycles. The molecular formula is C13H11N3O3. The zero-order valence-electron chi connectivity index (χ0n) is 10.2. The van der Waals surface area contributed by atoms with E-state index in [0.29, 0.717) is 5.56 Å². The van der Waals surface area contributed by atoms with Crippen molar-refractivity contribution in [1.29, 1.82) is 5.26 Å². The monoisotopic (exact) mass is 257 g/mol. The first-order valence-electron chi connectivity index (χ1n) is 5.34. The van der Waals surface area contributed by atoms with Gasteiger partial charge in [-0.15, -0.1) is 0 Å². The fraction of sp³-hybridized carbons (Fsp3) is 0.0769. The Kier molecular flexibility index (Phi) is 4.99. The van der Waals surface area contributed by atoms with Gasteiger partial charge in [0.25, 0.3) is 11.6 Å². The number of nitro benzene ring substituents is 1. The predicted octanol–water partition coefficient (Wildman–Crippen LogP) is 1.80. The highest BCUT2D eigenvalue weighted by molar-refractivity contribution is 5.97. The Hall–Kier alpha value is -2.94. The van der Waals surface area contributed by atoms with Gasteiger partial charge in [0.2, 0.25) is 0 Å². The Morgan fingerprint density at radius 3 is 2.74 bits per heavy atom. The molecule has 1 aromatic rings. The number of benzene rings is 1. The number of para-hydroxylation sites is 1. The van der Waals surface area contributed by atoms with Crippen LogP contribution < -0.4 is 5.32 Å². The van der Waals surface area contributed by atoms with Crippen molar-refractivity contribution in [3.63, 3.8) is 0 Å². The number of hydrogen-bond donors (Lipinski definition) is 1. The van der Waals surface area contributed by atoms with Gasteiger partial charge in [-0.2, -0.15) is 5.26 Å². The van der Waals surface area contributed by atoms with Gasteiger partial charge in [-0.05, 0) is 18.2 Å². The summed E-state index contributed by atoms with van der Waals surface area (Å²) in [6, 6.07) is 7.93. The number of nitrogens with zero attached hydrogens (tertiary/aromatic N) is 2. The number of nitro groups is 1. The highest BCUT2D eigenvalue weighted by Gasteiger charge is 2.09. The van der Waals surface area contributed by atoms with E-state index < -0.39 is 10.8 Å². The van der Waals surface area contributed by atoms with Gasteiger partial charge in [-0.1, -0.05) is 18.2 Å². The Labute approximate surface area is 109 Å². The van der Waals surface area contributed by atoms with E-state index >= 15 is 0 Å². The quantitative estimate of drug-likeness (QED) is 0.292. The summed E-state index contributed by atoms with van der Waals surface area (Å²) in [5.41, 5.74) is 0.292. The third-order valence-electron chi connectivity index (χ3n) is 2.26. The van der Waals surface area contributed by atoms with Crippen molar-refractivity contribution < 1.29 is 9.72 Å². The first kappa shape index (κ1) is 14.1. The molecule has 0 aliphatic carbocycles. The van der Waals surface area contributed by atoms with E-state index in [-0.39, 0.29) is 11.3 Å². The second kappa shape index (κ2) is 6.71. The van der Waals surface area contributed by atoms with Crippen LogP contribution in [0.1, 0.15) is 5.56 Å². The number of amides is 1. The lowest BCUT2D eigenvalue weighted by Gasteiger charge is -1.96. The van der Waals surface area contributed by atoms with E-state index in [1.807, 2.05) is 0 Å². The summed E-state index contributed by atoms with van der Waals surface area (Å²) in [5.74, 6) is -0.505. The standard InChI is InChI=1S/C13H11N3O3/c1-15-13(17)11(9-14)7-4-6-10-5-2-3-8-12(10)16(18)19/h2-8H,1H3,(H,15,17)/b6-4?,11-7+. The fourth-order valence-electron chi connectivity index (χ4n) is 1.34. The Balaban J connectivity index is 3.01. The molecule has 0 saturated heterocycles. The molecule has 6 nitrogen and oxygen atoms in total. The van der Waals surface area contributed by atoms with Crippen LogP contribution in [0, 0.1) is 21.4 Å². The molecule has 0 fully saturated rings. The van der Waals surface area contributed by atoms with Crippen LogP contribution in [0.25, 0.3) is 6.08 Å². The van der Waals surface area contributed by atoms with E-state index in [1.165, 1.54) is 31.3 Å². The normalized spacial score (nSPS) is 11.1. The third kappa shape index (κ3) is 3.78. The number of likely N-dealkylation sites (N-methyl/N-ethyl adjacent to an activating group) is 1.